The summed E-state index contributed by atoms with van der Waals surface area (Å²) in [6.07, 6.45) is 0.682. The van der Waals surface area contributed by atoms with Crippen LogP contribution < -0.4 is 9.47 Å². The van der Waals surface area contributed by atoms with Crippen molar-refractivity contribution in [1.29, 1.82) is 0 Å². The van der Waals surface area contributed by atoms with Gasteiger partial charge in [0.25, 0.3) is 5.91 Å². The number of benzene rings is 3. The number of fused-ring (bicyclic) bond motifs is 1. The maximum atomic E-state index is 13.3. The van der Waals surface area contributed by atoms with Gasteiger partial charge in [-0.2, -0.15) is 0 Å². The van der Waals surface area contributed by atoms with E-state index in [1.807, 2.05) is 24.3 Å². The van der Waals surface area contributed by atoms with E-state index in [1.54, 1.807) is 47.4 Å². The number of hydrogen-bond acceptors (Lipinski definition) is 4. The lowest BCUT2D eigenvalue weighted by Gasteiger charge is -2.38. The summed E-state index contributed by atoms with van der Waals surface area (Å²) in [4.78, 5) is 26.1. The third-order valence-electron chi connectivity index (χ3n) is 5.38. The van der Waals surface area contributed by atoms with Crippen LogP contribution >= 0.6 is 23.2 Å². The Labute approximate surface area is 201 Å². The summed E-state index contributed by atoms with van der Waals surface area (Å²) in [5.41, 5.74) is 2.65. The van der Waals surface area contributed by atoms with Crippen LogP contribution in [0, 0.1) is 0 Å². The van der Waals surface area contributed by atoms with Crippen molar-refractivity contribution in [3.63, 3.8) is 0 Å². The van der Waals surface area contributed by atoms with Gasteiger partial charge in [-0.05, 0) is 53.9 Å². The Kier molecular flexibility index (Phi) is 7.06. The number of carboxylic acid groups (broad SMARTS) is 1. The zero-order valence-corrected chi connectivity index (χ0v) is 19.1. The smallest absolute Gasteiger partial charge is 0.341 e. The maximum absolute atomic E-state index is 13.3. The average Bonchev–Trinajstić information content (AvgIpc) is 2.81. The number of carbonyl (C=O) groups is 2. The minimum absolute atomic E-state index is 0.176. The molecule has 1 heterocycles. The van der Waals surface area contributed by atoms with Crippen LogP contribution in [0.3, 0.4) is 0 Å². The van der Waals surface area contributed by atoms with Crippen molar-refractivity contribution in [3.8, 4) is 11.5 Å². The molecule has 0 bridgehead atoms. The van der Waals surface area contributed by atoms with Crippen LogP contribution in [0.25, 0.3) is 0 Å². The highest BCUT2D eigenvalue weighted by atomic mass is 35.5. The Balaban J connectivity index is 1.68. The molecule has 3 aromatic rings. The zero-order chi connectivity index (χ0) is 23.4. The molecule has 1 N–H and O–H groups in total. The SMILES string of the molecule is O=C(O)COc1ccc(Cl)cc1C1c2ccccc2CCN1C(=O)COc1cccc(Cl)c1. The molecule has 1 aliphatic heterocycles. The lowest BCUT2D eigenvalue weighted by molar-refractivity contribution is -0.139. The first-order chi connectivity index (χ1) is 15.9. The minimum atomic E-state index is -1.09. The van der Waals surface area contributed by atoms with Gasteiger partial charge in [0.05, 0.1) is 6.04 Å². The Morgan fingerprint density at radius 1 is 0.909 bits per heavy atom. The molecule has 6 nitrogen and oxygen atoms in total. The van der Waals surface area contributed by atoms with Gasteiger partial charge in [0.1, 0.15) is 11.5 Å². The van der Waals surface area contributed by atoms with E-state index < -0.39 is 18.6 Å². The van der Waals surface area contributed by atoms with Gasteiger partial charge in [-0.25, -0.2) is 4.79 Å². The van der Waals surface area contributed by atoms with Crippen molar-refractivity contribution in [1.82, 2.24) is 4.90 Å². The number of ether oxygens (including phenoxy) is 2. The van der Waals surface area contributed by atoms with Crippen molar-refractivity contribution in [2.75, 3.05) is 19.8 Å². The van der Waals surface area contributed by atoms with Crippen molar-refractivity contribution in [2.24, 2.45) is 0 Å². The number of carboxylic acids is 1. The number of amides is 1. The first-order valence-electron chi connectivity index (χ1n) is 10.3. The van der Waals surface area contributed by atoms with Crippen LogP contribution in [0.5, 0.6) is 11.5 Å². The lowest BCUT2D eigenvalue weighted by Crippen LogP contribution is -2.43. The Hall–Kier alpha value is -3.22. The van der Waals surface area contributed by atoms with Crippen LogP contribution in [0.15, 0.2) is 66.7 Å². The standard InChI is InChI=1S/C25H21Cl2NO5/c26-17-5-3-6-19(12-17)32-14-23(29)28-11-10-16-4-1-2-7-20(16)25(28)21-13-18(27)8-9-22(21)33-15-24(30)31/h1-9,12-13,25H,10-11,14-15H2,(H,30,31). The molecule has 0 fully saturated rings. The van der Waals surface area contributed by atoms with E-state index in [-0.39, 0.29) is 12.5 Å². The summed E-state index contributed by atoms with van der Waals surface area (Å²) in [5, 5.41) is 10.1. The zero-order valence-electron chi connectivity index (χ0n) is 17.5. The second kappa shape index (κ2) is 10.1. The molecular weight excluding hydrogens is 465 g/mol. The Morgan fingerprint density at radius 3 is 2.48 bits per heavy atom. The molecule has 1 amide bonds. The Bertz CT molecular complexity index is 1180. The molecule has 0 spiro atoms. The first kappa shape index (κ1) is 23.0. The topological polar surface area (TPSA) is 76.1 Å². The molecule has 1 atom stereocenters. The highest BCUT2D eigenvalue weighted by Crippen LogP contribution is 2.40. The second-order valence-electron chi connectivity index (χ2n) is 7.55. The summed E-state index contributed by atoms with van der Waals surface area (Å²) in [7, 11) is 0. The molecule has 0 aliphatic carbocycles. The highest BCUT2D eigenvalue weighted by molar-refractivity contribution is 6.31. The van der Waals surface area contributed by atoms with Gasteiger partial charge in [-0.1, -0.05) is 53.5 Å². The first-order valence-corrected chi connectivity index (χ1v) is 11.1. The minimum Gasteiger partial charge on any atom is -0.484 e. The van der Waals surface area contributed by atoms with E-state index in [4.69, 9.17) is 37.8 Å². The predicted molar refractivity (Wildman–Crippen MR) is 125 cm³/mol. The predicted octanol–water partition coefficient (Wildman–Crippen LogP) is 5.01. The van der Waals surface area contributed by atoms with Crippen LogP contribution in [-0.2, 0) is 16.0 Å². The van der Waals surface area contributed by atoms with Gasteiger partial charge in [0, 0.05) is 22.2 Å². The molecular formula is C25H21Cl2NO5. The van der Waals surface area contributed by atoms with E-state index in [2.05, 4.69) is 0 Å². The number of nitrogens with zero attached hydrogens (tertiary/aromatic N) is 1. The average molecular weight is 486 g/mol. The van der Waals surface area contributed by atoms with Crippen molar-refractivity contribution in [2.45, 2.75) is 12.5 Å². The van der Waals surface area contributed by atoms with Gasteiger partial charge < -0.3 is 19.5 Å². The largest absolute Gasteiger partial charge is 0.484 e. The van der Waals surface area contributed by atoms with Gasteiger partial charge in [-0.3, -0.25) is 4.79 Å². The third kappa shape index (κ3) is 5.41. The third-order valence-corrected chi connectivity index (χ3v) is 5.85. The quantitative estimate of drug-likeness (QED) is 0.508. The van der Waals surface area contributed by atoms with E-state index in [0.29, 0.717) is 40.1 Å². The monoisotopic (exact) mass is 485 g/mol. The van der Waals surface area contributed by atoms with Gasteiger partial charge in [-0.15, -0.1) is 0 Å². The molecule has 1 aliphatic rings. The fourth-order valence-electron chi connectivity index (χ4n) is 3.96. The maximum Gasteiger partial charge on any atom is 0.341 e. The summed E-state index contributed by atoms with van der Waals surface area (Å²) >= 11 is 12.3. The number of carbonyl (C=O) groups excluding carboxylic acids is 1. The highest BCUT2D eigenvalue weighted by Gasteiger charge is 2.34. The summed E-state index contributed by atoms with van der Waals surface area (Å²) in [5.74, 6) is -0.462. The van der Waals surface area contributed by atoms with Crippen molar-refractivity contribution in [3.05, 3.63) is 93.5 Å². The molecule has 1 unspecified atom stereocenters. The molecule has 0 aromatic heterocycles. The van der Waals surface area contributed by atoms with E-state index in [0.717, 1.165) is 11.1 Å². The normalized spacial score (nSPS) is 15.0. The summed E-state index contributed by atoms with van der Waals surface area (Å²) < 4.78 is 11.2. The van der Waals surface area contributed by atoms with Crippen LogP contribution in [0.2, 0.25) is 10.0 Å². The van der Waals surface area contributed by atoms with E-state index in [1.165, 1.54) is 0 Å². The van der Waals surface area contributed by atoms with Crippen LogP contribution in [0.4, 0.5) is 0 Å². The van der Waals surface area contributed by atoms with Gasteiger partial charge in [0.2, 0.25) is 0 Å². The van der Waals surface area contributed by atoms with Crippen LogP contribution in [-0.4, -0.2) is 41.6 Å². The van der Waals surface area contributed by atoms with Crippen molar-refractivity contribution < 1.29 is 24.2 Å². The molecule has 0 saturated carbocycles. The second-order valence-corrected chi connectivity index (χ2v) is 8.42. The van der Waals surface area contributed by atoms with Crippen molar-refractivity contribution >= 4 is 35.1 Å². The molecule has 0 radical (unpaired) electrons. The van der Waals surface area contributed by atoms with E-state index >= 15 is 0 Å². The van der Waals surface area contributed by atoms with Gasteiger partial charge >= 0.3 is 5.97 Å². The number of aliphatic carboxylic acids is 1. The molecule has 4 rings (SSSR count). The molecule has 33 heavy (non-hydrogen) atoms. The molecule has 8 heteroatoms. The summed E-state index contributed by atoms with van der Waals surface area (Å²) in [6, 6.07) is 19.2. The van der Waals surface area contributed by atoms with E-state index in [9.17, 15) is 9.59 Å². The molecule has 0 saturated heterocycles. The number of halogens is 2. The van der Waals surface area contributed by atoms with Crippen LogP contribution in [0.1, 0.15) is 22.7 Å². The van der Waals surface area contributed by atoms with Gasteiger partial charge in [0.15, 0.2) is 13.2 Å². The Morgan fingerprint density at radius 2 is 1.70 bits per heavy atom. The number of hydrogen-bond donors (Lipinski definition) is 1. The fraction of sp³-hybridized carbons (Fsp3) is 0.200. The molecule has 3 aromatic carbocycles. The number of rotatable bonds is 7. The summed E-state index contributed by atoms with van der Waals surface area (Å²) in [6.45, 7) is -0.218. The lowest BCUT2D eigenvalue weighted by atomic mass is 9.87. The molecule has 170 valence electrons. The fourth-order valence-corrected chi connectivity index (χ4v) is 4.32.